The van der Waals surface area contributed by atoms with Gasteiger partial charge in [-0.2, -0.15) is 5.10 Å². The monoisotopic (exact) mass is 407 g/mol. The highest BCUT2D eigenvalue weighted by Gasteiger charge is 2.29. The summed E-state index contributed by atoms with van der Waals surface area (Å²) in [6.45, 7) is 3.26. The summed E-state index contributed by atoms with van der Waals surface area (Å²) < 4.78 is 16.1. The largest absolute Gasteiger partial charge is 0.354 e. The predicted octanol–water partition coefficient (Wildman–Crippen LogP) is 3.91. The zero-order valence-corrected chi connectivity index (χ0v) is 17.2. The lowest BCUT2D eigenvalue weighted by atomic mass is 9.95. The van der Waals surface area contributed by atoms with Crippen molar-refractivity contribution in [2.45, 2.75) is 45.4 Å². The van der Waals surface area contributed by atoms with E-state index in [-0.39, 0.29) is 17.5 Å². The topological polar surface area (TPSA) is 62.5 Å². The third-order valence-electron chi connectivity index (χ3n) is 6.27. The molecule has 156 valence electrons. The molecule has 1 aliphatic heterocycles. The number of benzene rings is 1. The molecule has 1 aliphatic carbocycles. The molecule has 3 aromatic rings. The summed E-state index contributed by atoms with van der Waals surface area (Å²) in [7, 11) is 0. The quantitative estimate of drug-likeness (QED) is 0.715. The number of nitrogens with zero attached hydrogens (tertiary/aromatic N) is 4. The number of rotatable bonds is 3. The van der Waals surface area contributed by atoms with Crippen LogP contribution in [0, 0.1) is 18.7 Å². The lowest BCUT2D eigenvalue weighted by molar-refractivity contribution is -0.120. The van der Waals surface area contributed by atoms with Crippen LogP contribution in [0.1, 0.15) is 42.5 Å². The minimum atomic E-state index is -0.395. The number of amides is 1. The molecule has 1 fully saturated rings. The van der Waals surface area contributed by atoms with Gasteiger partial charge in [0.05, 0.1) is 17.3 Å². The first kappa shape index (κ1) is 19.0. The summed E-state index contributed by atoms with van der Waals surface area (Å²) >= 11 is 0. The van der Waals surface area contributed by atoms with Crippen molar-refractivity contribution in [1.82, 2.24) is 14.6 Å². The van der Waals surface area contributed by atoms with E-state index >= 15 is 0 Å². The molecule has 0 bridgehead atoms. The van der Waals surface area contributed by atoms with Crippen LogP contribution in [0.2, 0.25) is 0 Å². The second kappa shape index (κ2) is 7.70. The SMILES string of the molecule is Cc1ccc(NC(=O)[C@@H]2CCCN(c3nccn4nc5c(c34)CCCC5)C2)c(F)c1. The van der Waals surface area contributed by atoms with Crippen molar-refractivity contribution >= 4 is 22.9 Å². The molecule has 0 saturated carbocycles. The Morgan fingerprint density at radius 1 is 1.23 bits per heavy atom. The molecule has 1 saturated heterocycles. The number of carbonyl (C=O) groups excluding carboxylic acids is 1. The van der Waals surface area contributed by atoms with Crippen LogP contribution >= 0.6 is 0 Å². The van der Waals surface area contributed by atoms with Gasteiger partial charge in [0.25, 0.3) is 0 Å². The van der Waals surface area contributed by atoms with Gasteiger partial charge in [0, 0.05) is 31.0 Å². The first-order valence-electron chi connectivity index (χ1n) is 10.8. The Balaban J connectivity index is 1.39. The summed E-state index contributed by atoms with van der Waals surface area (Å²) in [6, 6.07) is 4.87. The molecule has 1 aromatic carbocycles. The smallest absolute Gasteiger partial charge is 0.229 e. The predicted molar refractivity (Wildman–Crippen MR) is 114 cm³/mol. The molecule has 30 heavy (non-hydrogen) atoms. The van der Waals surface area contributed by atoms with E-state index in [2.05, 4.69) is 15.2 Å². The third-order valence-corrected chi connectivity index (χ3v) is 6.27. The molecule has 1 atom stereocenters. The first-order valence-corrected chi connectivity index (χ1v) is 10.8. The molecule has 7 heteroatoms. The molecule has 0 spiro atoms. The van der Waals surface area contributed by atoms with Crippen molar-refractivity contribution in [3.8, 4) is 0 Å². The number of piperidine rings is 1. The fourth-order valence-electron chi connectivity index (χ4n) is 4.72. The van der Waals surface area contributed by atoms with Crippen LogP contribution < -0.4 is 10.2 Å². The lowest BCUT2D eigenvalue weighted by Crippen LogP contribution is -2.41. The van der Waals surface area contributed by atoms with Crippen molar-refractivity contribution in [2.24, 2.45) is 5.92 Å². The molecule has 0 unspecified atom stereocenters. The van der Waals surface area contributed by atoms with E-state index in [1.807, 2.05) is 17.6 Å². The summed E-state index contributed by atoms with van der Waals surface area (Å²) in [6.07, 6.45) is 9.78. The fraction of sp³-hybridized carbons (Fsp3) is 0.435. The normalized spacial score (nSPS) is 19.0. The van der Waals surface area contributed by atoms with E-state index in [1.165, 1.54) is 30.2 Å². The Kier molecular flexibility index (Phi) is 4.89. The zero-order valence-electron chi connectivity index (χ0n) is 17.2. The van der Waals surface area contributed by atoms with Crippen molar-refractivity contribution in [1.29, 1.82) is 0 Å². The Hall–Kier alpha value is -2.96. The van der Waals surface area contributed by atoms with Crippen LogP contribution in [0.3, 0.4) is 0 Å². The van der Waals surface area contributed by atoms with Gasteiger partial charge in [0.2, 0.25) is 5.91 Å². The minimum Gasteiger partial charge on any atom is -0.354 e. The number of aromatic nitrogens is 3. The summed E-state index contributed by atoms with van der Waals surface area (Å²) in [4.78, 5) is 19.8. The van der Waals surface area contributed by atoms with Gasteiger partial charge >= 0.3 is 0 Å². The highest BCUT2D eigenvalue weighted by atomic mass is 19.1. The van der Waals surface area contributed by atoms with Crippen LogP contribution in [0.15, 0.2) is 30.6 Å². The molecule has 0 radical (unpaired) electrons. The highest BCUT2D eigenvalue weighted by molar-refractivity contribution is 5.93. The van der Waals surface area contributed by atoms with Crippen molar-refractivity contribution in [3.05, 3.63) is 53.2 Å². The fourth-order valence-corrected chi connectivity index (χ4v) is 4.72. The molecular formula is C23H26FN5O. The van der Waals surface area contributed by atoms with E-state index in [0.717, 1.165) is 49.1 Å². The van der Waals surface area contributed by atoms with Crippen molar-refractivity contribution in [2.75, 3.05) is 23.3 Å². The number of hydrogen-bond donors (Lipinski definition) is 1. The number of anilines is 2. The highest BCUT2D eigenvalue weighted by Crippen LogP contribution is 2.32. The van der Waals surface area contributed by atoms with Gasteiger partial charge in [0.1, 0.15) is 11.3 Å². The molecular weight excluding hydrogens is 381 g/mol. The number of hydrogen-bond acceptors (Lipinski definition) is 4. The zero-order chi connectivity index (χ0) is 20.7. The lowest BCUT2D eigenvalue weighted by Gasteiger charge is -2.33. The van der Waals surface area contributed by atoms with Gasteiger partial charge < -0.3 is 10.2 Å². The van der Waals surface area contributed by atoms with E-state index < -0.39 is 5.82 Å². The molecule has 1 amide bonds. The maximum Gasteiger partial charge on any atom is 0.229 e. The number of carbonyl (C=O) groups is 1. The number of nitrogens with one attached hydrogen (secondary N) is 1. The molecule has 1 N–H and O–H groups in total. The van der Waals surface area contributed by atoms with Crippen molar-refractivity contribution in [3.63, 3.8) is 0 Å². The second-order valence-corrected chi connectivity index (χ2v) is 8.43. The van der Waals surface area contributed by atoms with Gasteiger partial charge in [-0.15, -0.1) is 0 Å². The average molecular weight is 407 g/mol. The van der Waals surface area contributed by atoms with E-state index in [9.17, 15) is 9.18 Å². The third kappa shape index (κ3) is 3.42. The van der Waals surface area contributed by atoms with Gasteiger partial charge in [-0.05, 0) is 63.1 Å². The molecule has 5 rings (SSSR count). The van der Waals surface area contributed by atoms with Gasteiger partial charge in [-0.1, -0.05) is 6.07 Å². The second-order valence-electron chi connectivity index (χ2n) is 8.43. The Labute approximate surface area is 175 Å². The average Bonchev–Trinajstić information content (AvgIpc) is 3.14. The summed E-state index contributed by atoms with van der Waals surface area (Å²) in [5.74, 6) is 0.172. The van der Waals surface area contributed by atoms with E-state index in [1.54, 1.807) is 18.3 Å². The van der Waals surface area contributed by atoms with Gasteiger partial charge in [-0.25, -0.2) is 13.9 Å². The van der Waals surface area contributed by atoms with E-state index in [4.69, 9.17) is 5.10 Å². The molecule has 2 aromatic heterocycles. The van der Waals surface area contributed by atoms with Gasteiger partial charge in [0.15, 0.2) is 5.82 Å². The Bertz CT molecular complexity index is 1110. The molecule has 2 aliphatic rings. The minimum absolute atomic E-state index is 0.134. The van der Waals surface area contributed by atoms with Crippen LogP contribution in [0.5, 0.6) is 0 Å². The van der Waals surface area contributed by atoms with Crippen molar-refractivity contribution < 1.29 is 9.18 Å². The van der Waals surface area contributed by atoms with Crippen LogP contribution in [-0.2, 0) is 17.6 Å². The van der Waals surface area contributed by atoms with Crippen LogP contribution in [0.4, 0.5) is 15.9 Å². The summed E-state index contributed by atoms with van der Waals surface area (Å²) in [5, 5.41) is 7.55. The van der Waals surface area contributed by atoms with E-state index in [0.29, 0.717) is 6.54 Å². The Morgan fingerprint density at radius 3 is 2.97 bits per heavy atom. The number of fused-ring (bicyclic) bond motifs is 3. The maximum absolute atomic E-state index is 14.2. The number of halogens is 1. The summed E-state index contributed by atoms with van der Waals surface area (Å²) in [5.41, 5.74) is 4.64. The van der Waals surface area contributed by atoms with Gasteiger partial charge in [-0.3, -0.25) is 4.79 Å². The number of aryl methyl sites for hydroxylation is 3. The maximum atomic E-state index is 14.2. The van der Waals surface area contributed by atoms with Crippen LogP contribution in [-0.4, -0.2) is 33.6 Å². The first-order chi connectivity index (χ1) is 14.6. The molecule has 6 nitrogen and oxygen atoms in total. The van der Waals surface area contributed by atoms with Crippen LogP contribution in [0.25, 0.3) is 5.52 Å². The Morgan fingerprint density at radius 2 is 2.10 bits per heavy atom. The molecule has 3 heterocycles. The standard InChI is InChI=1S/C23H26FN5O/c1-15-8-9-20(18(24)13-15)26-23(30)16-5-4-11-28(14-16)22-21-17-6-2-3-7-19(17)27-29(21)12-10-25-22/h8-10,12-13,16H,2-7,11,14H2,1H3,(H,26,30)/t16-/m1/s1.